The molecule has 0 saturated carbocycles. The summed E-state index contributed by atoms with van der Waals surface area (Å²) in [4.78, 5) is 44.5. The number of aromatic nitrogens is 3. The van der Waals surface area contributed by atoms with E-state index in [4.69, 9.17) is 5.73 Å². The molecule has 1 saturated heterocycles. The Morgan fingerprint density at radius 1 is 1.48 bits per heavy atom. The maximum atomic E-state index is 12.5. The first-order chi connectivity index (χ1) is 11.0. The quantitative estimate of drug-likeness (QED) is 0.804. The number of fused-ring (bicyclic) bond motifs is 1. The van der Waals surface area contributed by atoms with E-state index in [0.717, 1.165) is 12.8 Å². The zero-order valence-electron chi connectivity index (χ0n) is 12.9. The van der Waals surface area contributed by atoms with E-state index in [1.165, 1.54) is 16.8 Å². The molecule has 0 bridgehead atoms. The minimum absolute atomic E-state index is 0.00879. The number of aryl methyl sites for hydroxylation is 1. The number of amides is 1. The third-order valence-electron chi connectivity index (χ3n) is 4.04. The summed E-state index contributed by atoms with van der Waals surface area (Å²) in [6, 6.07) is 1.49. The van der Waals surface area contributed by atoms with Gasteiger partial charge in [0.05, 0.1) is 10.9 Å². The Kier molecular flexibility index (Phi) is 3.99. The van der Waals surface area contributed by atoms with Crippen LogP contribution in [0.25, 0.3) is 11.0 Å². The molecule has 1 amide bonds. The van der Waals surface area contributed by atoms with Crippen molar-refractivity contribution in [3.8, 4) is 0 Å². The van der Waals surface area contributed by atoms with E-state index in [1.807, 2.05) is 6.92 Å². The van der Waals surface area contributed by atoms with Crippen LogP contribution in [-0.2, 0) is 6.54 Å². The van der Waals surface area contributed by atoms with Gasteiger partial charge < -0.3 is 10.6 Å². The first-order valence-corrected chi connectivity index (χ1v) is 7.69. The van der Waals surface area contributed by atoms with Crippen LogP contribution < -0.4 is 17.0 Å². The van der Waals surface area contributed by atoms with Crippen molar-refractivity contribution >= 4 is 16.9 Å². The molecule has 0 radical (unpaired) electrons. The Morgan fingerprint density at radius 2 is 2.26 bits per heavy atom. The van der Waals surface area contributed by atoms with E-state index in [-0.39, 0.29) is 17.3 Å². The highest BCUT2D eigenvalue weighted by atomic mass is 16.2. The number of pyridine rings is 1. The van der Waals surface area contributed by atoms with Crippen molar-refractivity contribution in [3.05, 3.63) is 38.7 Å². The van der Waals surface area contributed by atoms with Gasteiger partial charge >= 0.3 is 5.69 Å². The largest absolute Gasteiger partial charge is 0.337 e. The van der Waals surface area contributed by atoms with Crippen molar-refractivity contribution in [1.29, 1.82) is 0 Å². The average molecular weight is 317 g/mol. The first-order valence-electron chi connectivity index (χ1n) is 7.69. The number of nitrogens with two attached hydrogens (primary N) is 1. The van der Waals surface area contributed by atoms with Crippen LogP contribution in [0.15, 0.2) is 21.9 Å². The molecule has 1 fully saturated rings. The molecule has 23 heavy (non-hydrogen) atoms. The van der Waals surface area contributed by atoms with E-state index in [0.29, 0.717) is 30.8 Å². The topological polar surface area (TPSA) is 114 Å². The summed E-state index contributed by atoms with van der Waals surface area (Å²) in [6.07, 6.45) is 2.91. The summed E-state index contributed by atoms with van der Waals surface area (Å²) in [6.45, 7) is 3.48. The highest BCUT2D eigenvalue weighted by Gasteiger charge is 2.25. The Morgan fingerprint density at radius 3 is 2.91 bits per heavy atom. The lowest BCUT2D eigenvalue weighted by molar-refractivity contribution is 0.0790. The van der Waals surface area contributed by atoms with Crippen LogP contribution in [0, 0.1) is 0 Å². The predicted octanol–water partition coefficient (Wildman–Crippen LogP) is -0.332. The molecule has 8 nitrogen and oxygen atoms in total. The summed E-state index contributed by atoms with van der Waals surface area (Å²) < 4.78 is 1.41. The second kappa shape index (κ2) is 5.96. The lowest BCUT2D eigenvalue weighted by atomic mass is 10.2. The molecule has 3 heterocycles. The highest BCUT2D eigenvalue weighted by Crippen LogP contribution is 2.14. The molecular formula is C15H19N5O3. The molecule has 1 atom stereocenters. The SMILES string of the molecule is CCCn1c(=O)[nH]c(=O)c2cc(C(=O)N3CC[C@@H](N)C3)cnc21. The monoisotopic (exact) mass is 317 g/mol. The Hall–Kier alpha value is -2.48. The molecule has 2 aromatic rings. The zero-order chi connectivity index (χ0) is 16.6. The van der Waals surface area contributed by atoms with E-state index >= 15 is 0 Å². The van der Waals surface area contributed by atoms with Crippen molar-refractivity contribution in [2.24, 2.45) is 5.73 Å². The number of carbonyl (C=O) groups is 1. The van der Waals surface area contributed by atoms with Crippen LogP contribution in [-0.4, -0.2) is 44.5 Å². The van der Waals surface area contributed by atoms with Gasteiger partial charge in [-0.15, -0.1) is 0 Å². The van der Waals surface area contributed by atoms with Crippen molar-refractivity contribution in [1.82, 2.24) is 19.4 Å². The van der Waals surface area contributed by atoms with Gasteiger partial charge in [0.25, 0.3) is 11.5 Å². The Labute approximate surface area is 131 Å². The van der Waals surface area contributed by atoms with E-state index in [1.54, 1.807) is 4.90 Å². The molecule has 0 unspecified atom stereocenters. The molecule has 1 aliphatic heterocycles. The maximum Gasteiger partial charge on any atom is 0.329 e. The van der Waals surface area contributed by atoms with Gasteiger partial charge in [0.15, 0.2) is 0 Å². The summed E-state index contributed by atoms with van der Waals surface area (Å²) >= 11 is 0. The van der Waals surface area contributed by atoms with E-state index < -0.39 is 11.2 Å². The van der Waals surface area contributed by atoms with Gasteiger partial charge in [0.2, 0.25) is 0 Å². The van der Waals surface area contributed by atoms with Gasteiger partial charge in [-0.1, -0.05) is 6.92 Å². The van der Waals surface area contributed by atoms with Crippen LogP contribution in [0.1, 0.15) is 30.1 Å². The molecule has 1 aliphatic rings. The number of likely N-dealkylation sites (tertiary alicyclic amines) is 1. The van der Waals surface area contributed by atoms with Gasteiger partial charge in [-0.2, -0.15) is 0 Å². The zero-order valence-corrected chi connectivity index (χ0v) is 12.9. The van der Waals surface area contributed by atoms with Gasteiger partial charge in [0, 0.05) is 31.9 Å². The van der Waals surface area contributed by atoms with Crippen molar-refractivity contribution in [2.75, 3.05) is 13.1 Å². The number of hydrogen-bond acceptors (Lipinski definition) is 5. The average Bonchev–Trinajstić information content (AvgIpc) is 2.97. The van der Waals surface area contributed by atoms with Crippen LogP contribution in [0.4, 0.5) is 0 Å². The molecule has 3 rings (SSSR count). The second-order valence-electron chi connectivity index (χ2n) is 5.81. The fraction of sp³-hybridized carbons (Fsp3) is 0.467. The number of nitrogens with zero attached hydrogens (tertiary/aromatic N) is 3. The molecule has 3 N–H and O–H groups in total. The summed E-state index contributed by atoms with van der Waals surface area (Å²) in [5, 5.41) is 0.243. The summed E-state index contributed by atoms with van der Waals surface area (Å²) in [5.74, 6) is -0.194. The Balaban J connectivity index is 2.07. The fourth-order valence-electron chi connectivity index (χ4n) is 2.87. The number of hydrogen-bond donors (Lipinski definition) is 2. The minimum atomic E-state index is -0.530. The first kappa shape index (κ1) is 15.4. The second-order valence-corrected chi connectivity index (χ2v) is 5.81. The van der Waals surface area contributed by atoms with E-state index in [2.05, 4.69) is 9.97 Å². The molecule has 0 aliphatic carbocycles. The number of rotatable bonds is 3. The van der Waals surface area contributed by atoms with Crippen LogP contribution in [0.3, 0.4) is 0 Å². The van der Waals surface area contributed by atoms with Gasteiger partial charge in [-0.25, -0.2) is 9.78 Å². The van der Waals surface area contributed by atoms with Crippen LogP contribution in [0.2, 0.25) is 0 Å². The Bertz CT molecular complexity index is 870. The summed E-state index contributed by atoms with van der Waals surface area (Å²) in [5.41, 5.74) is 5.44. The van der Waals surface area contributed by atoms with Gasteiger partial charge in [-0.3, -0.25) is 19.1 Å². The smallest absolute Gasteiger partial charge is 0.329 e. The maximum absolute atomic E-state index is 12.5. The number of carbonyl (C=O) groups excluding carboxylic acids is 1. The molecule has 0 aromatic carbocycles. The normalized spacial score (nSPS) is 17.8. The third-order valence-corrected chi connectivity index (χ3v) is 4.04. The lowest BCUT2D eigenvalue weighted by Crippen LogP contribution is -2.33. The standard InChI is InChI=1S/C15H19N5O3/c1-2-4-20-12-11(13(21)18-15(20)23)6-9(7-17-12)14(22)19-5-3-10(16)8-19/h6-7,10H,2-5,8,16H2,1H3,(H,18,21,23)/t10-/m1/s1. The van der Waals surface area contributed by atoms with Crippen molar-refractivity contribution in [3.63, 3.8) is 0 Å². The molecular weight excluding hydrogens is 298 g/mol. The molecule has 0 spiro atoms. The highest BCUT2D eigenvalue weighted by molar-refractivity contribution is 5.96. The predicted molar refractivity (Wildman–Crippen MR) is 85.4 cm³/mol. The molecule has 8 heteroatoms. The van der Waals surface area contributed by atoms with Gasteiger partial charge in [-0.05, 0) is 18.9 Å². The minimum Gasteiger partial charge on any atom is -0.337 e. The van der Waals surface area contributed by atoms with Crippen LogP contribution >= 0.6 is 0 Å². The fourth-order valence-corrected chi connectivity index (χ4v) is 2.87. The van der Waals surface area contributed by atoms with E-state index in [9.17, 15) is 14.4 Å². The van der Waals surface area contributed by atoms with Crippen LogP contribution in [0.5, 0.6) is 0 Å². The summed E-state index contributed by atoms with van der Waals surface area (Å²) in [7, 11) is 0. The molecule has 122 valence electrons. The van der Waals surface area contributed by atoms with Crippen molar-refractivity contribution in [2.45, 2.75) is 32.4 Å². The van der Waals surface area contributed by atoms with Gasteiger partial charge in [0.1, 0.15) is 5.65 Å². The number of nitrogens with one attached hydrogen (secondary N) is 1. The van der Waals surface area contributed by atoms with Crippen molar-refractivity contribution < 1.29 is 4.79 Å². The molecule has 2 aromatic heterocycles. The number of H-pyrrole nitrogens is 1. The number of aromatic amines is 1. The third kappa shape index (κ3) is 2.77. The lowest BCUT2D eigenvalue weighted by Gasteiger charge is -2.16.